The summed E-state index contributed by atoms with van der Waals surface area (Å²) < 4.78 is 5.41. The van der Waals surface area contributed by atoms with Crippen molar-refractivity contribution in [1.82, 2.24) is 10.3 Å². The Bertz CT molecular complexity index is 1090. The van der Waals surface area contributed by atoms with Crippen molar-refractivity contribution in [3.05, 3.63) is 66.0 Å². The number of carbonyl (C=O) groups excluding carboxylic acids is 2. The van der Waals surface area contributed by atoms with Gasteiger partial charge in [-0.05, 0) is 48.4 Å². The number of fused-ring (bicyclic) bond motifs is 1. The molecule has 0 atom stereocenters. The van der Waals surface area contributed by atoms with Crippen molar-refractivity contribution >= 4 is 28.3 Å². The van der Waals surface area contributed by atoms with Crippen LogP contribution >= 0.6 is 0 Å². The van der Waals surface area contributed by atoms with Gasteiger partial charge in [0.1, 0.15) is 5.75 Å². The first-order valence-electron chi connectivity index (χ1n) is 10.8. The SMILES string of the molecule is COc1ccc(C(=O)Nc2cccnc2C(=O)NCC2CCCCC2)c2ccccc12. The third-order valence-electron chi connectivity index (χ3n) is 5.90. The molecule has 1 heterocycles. The van der Waals surface area contributed by atoms with Crippen LogP contribution in [0.1, 0.15) is 53.0 Å². The highest BCUT2D eigenvalue weighted by Crippen LogP contribution is 2.29. The minimum absolute atomic E-state index is 0.226. The molecular formula is C25H27N3O3. The van der Waals surface area contributed by atoms with Crippen LogP contribution in [0.2, 0.25) is 0 Å². The molecule has 0 aliphatic heterocycles. The van der Waals surface area contributed by atoms with Gasteiger partial charge in [-0.3, -0.25) is 9.59 Å². The summed E-state index contributed by atoms with van der Waals surface area (Å²) in [6, 6.07) is 14.5. The summed E-state index contributed by atoms with van der Waals surface area (Å²) in [7, 11) is 1.61. The van der Waals surface area contributed by atoms with Crippen molar-refractivity contribution in [2.45, 2.75) is 32.1 Å². The number of aromatic nitrogens is 1. The number of nitrogens with zero attached hydrogens (tertiary/aromatic N) is 1. The van der Waals surface area contributed by atoms with E-state index in [1.165, 1.54) is 19.3 Å². The number of pyridine rings is 1. The van der Waals surface area contributed by atoms with Crippen LogP contribution in [0.15, 0.2) is 54.7 Å². The first-order chi connectivity index (χ1) is 15.2. The maximum absolute atomic E-state index is 13.1. The third-order valence-corrected chi connectivity index (χ3v) is 5.90. The molecule has 6 heteroatoms. The van der Waals surface area contributed by atoms with Gasteiger partial charge in [0, 0.05) is 23.7 Å². The molecule has 2 N–H and O–H groups in total. The Kier molecular flexibility index (Phi) is 6.46. The summed E-state index contributed by atoms with van der Waals surface area (Å²) >= 11 is 0. The van der Waals surface area contributed by atoms with E-state index in [9.17, 15) is 9.59 Å². The van der Waals surface area contributed by atoms with E-state index < -0.39 is 0 Å². The van der Waals surface area contributed by atoms with E-state index >= 15 is 0 Å². The van der Waals surface area contributed by atoms with Gasteiger partial charge in [0.15, 0.2) is 5.69 Å². The normalized spacial score (nSPS) is 14.2. The van der Waals surface area contributed by atoms with Gasteiger partial charge in [0.05, 0.1) is 12.8 Å². The fraction of sp³-hybridized carbons (Fsp3) is 0.320. The zero-order valence-electron chi connectivity index (χ0n) is 17.7. The molecule has 31 heavy (non-hydrogen) atoms. The van der Waals surface area contributed by atoms with Crippen molar-refractivity contribution in [2.24, 2.45) is 5.92 Å². The van der Waals surface area contributed by atoms with Gasteiger partial charge in [0.25, 0.3) is 11.8 Å². The first-order valence-corrected chi connectivity index (χ1v) is 10.8. The highest BCUT2D eigenvalue weighted by Gasteiger charge is 2.19. The van der Waals surface area contributed by atoms with Crippen molar-refractivity contribution in [1.29, 1.82) is 0 Å². The number of hydrogen-bond donors (Lipinski definition) is 2. The molecule has 6 nitrogen and oxygen atoms in total. The van der Waals surface area contributed by atoms with Crippen LogP contribution in [-0.4, -0.2) is 30.5 Å². The summed E-state index contributed by atoms with van der Waals surface area (Å²) in [5.74, 6) is 0.663. The molecule has 0 unspecified atom stereocenters. The molecule has 2 amide bonds. The lowest BCUT2D eigenvalue weighted by Crippen LogP contribution is -2.31. The second-order valence-corrected chi connectivity index (χ2v) is 7.93. The molecule has 160 valence electrons. The minimum Gasteiger partial charge on any atom is -0.496 e. The monoisotopic (exact) mass is 417 g/mol. The summed E-state index contributed by atoms with van der Waals surface area (Å²) in [4.78, 5) is 30.1. The van der Waals surface area contributed by atoms with Crippen LogP contribution in [0, 0.1) is 5.92 Å². The van der Waals surface area contributed by atoms with E-state index in [2.05, 4.69) is 15.6 Å². The Morgan fingerprint density at radius 3 is 2.52 bits per heavy atom. The predicted octanol–water partition coefficient (Wildman–Crippen LogP) is 4.81. The molecule has 0 bridgehead atoms. The van der Waals surface area contributed by atoms with Gasteiger partial charge >= 0.3 is 0 Å². The number of hydrogen-bond acceptors (Lipinski definition) is 4. The zero-order valence-corrected chi connectivity index (χ0v) is 17.7. The van der Waals surface area contributed by atoms with Gasteiger partial charge in [0.2, 0.25) is 0 Å². The number of anilines is 1. The van der Waals surface area contributed by atoms with Gasteiger partial charge < -0.3 is 15.4 Å². The van der Waals surface area contributed by atoms with Gasteiger partial charge in [-0.2, -0.15) is 0 Å². The highest BCUT2D eigenvalue weighted by atomic mass is 16.5. The zero-order chi connectivity index (χ0) is 21.6. The van der Waals surface area contributed by atoms with Gasteiger partial charge in [-0.1, -0.05) is 43.5 Å². The molecular weight excluding hydrogens is 390 g/mol. The summed E-state index contributed by atoms with van der Waals surface area (Å²) in [5.41, 5.74) is 1.13. The lowest BCUT2D eigenvalue weighted by Gasteiger charge is -2.21. The van der Waals surface area contributed by atoms with Gasteiger partial charge in [-0.25, -0.2) is 4.98 Å². The van der Waals surface area contributed by atoms with Crippen molar-refractivity contribution in [3.8, 4) is 5.75 Å². The van der Waals surface area contributed by atoms with Crippen molar-refractivity contribution < 1.29 is 14.3 Å². The largest absolute Gasteiger partial charge is 0.496 e. The number of carbonyl (C=O) groups is 2. The Balaban J connectivity index is 1.53. The van der Waals surface area contributed by atoms with Crippen LogP contribution in [0.25, 0.3) is 10.8 Å². The number of methoxy groups -OCH3 is 1. The number of amides is 2. The molecule has 3 aromatic rings. The highest BCUT2D eigenvalue weighted by molar-refractivity contribution is 6.15. The van der Waals surface area contributed by atoms with Crippen molar-refractivity contribution in [2.75, 3.05) is 19.0 Å². The molecule has 1 fully saturated rings. The molecule has 2 aromatic carbocycles. The lowest BCUT2D eigenvalue weighted by atomic mass is 9.89. The van der Waals surface area contributed by atoms with Crippen LogP contribution < -0.4 is 15.4 Å². The molecule has 1 aliphatic carbocycles. The Hall–Kier alpha value is -3.41. The Morgan fingerprint density at radius 2 is 1.74 bits per heavy atom. The first kappa shape index (κ1) is 20.8. The molecule has 4 rings (SSSR count). The second-order valence-electron chi connectivity index (χ2n) is 7.93. The minimum atomic E-state index is -0.298. The molecule has 1 aromatic heterocycles. The third kappa shape index (κ3) is 4.68. The molecule has 0 saturated heterocycles. The van der Waals surface area contributed by atoms with Crippen LogP contribution in [0.3, 0.4) is 0 Å². The lowest BCUT2D eigenvalue weighted by molar-refractivity contribution is 0.0939. The molecule has 0 spiro atoms. The smallest absolute Gasteiger partial charge is 0.272 e. The van der Waals surface area contributed by atoms with Crippen LogP contribution in [0.4, 0.5) is 5.69 Å². The summed E-state index contributed by atoms with van der Waals surface area (Å²) in [6.45, 7) is 0.645. The Morgan fingerprint density at radius 1 is 0.968 bits per heavy atom. The maximum Gasteiger partial charge on any atom is 0.272 e. The number of rotatable bonds is 6. The van der Waals surface area contributed by atoms with E-state index in [1.54, 1.807) is 37.6 Å². The Labute approximate surface area is 182 Å². The number of ether oxygens (including phenoxy) is 1. The number of nitrogens with one attached hydrogen (secondary N) is 2. The predicted molar refractivity (Wildman–Crippen MR) is 122 cm³/mol. The summed E-state index contributed by atoms with van der Waals surface area (Å²) in [6.07, 6.45) is 7.59. The molecule has 0 radical (unpaired) electrons. The van der Waals surface area contributed by atoms with E-state index in [-0.39, 0.29) is 17.5 Å². The van der Waals surface area contributed by atoms with Crippen LogP contribution in [-0.2, 0) is 0 Å². The topological polar surface area (TPSA) is 80.3 Å². The maximum atomic E-state index is 13.1. The van der Waals surface area contributed by atoms with E-state index in [0.29, 0.717) is 29.5 Å². The fourth-order valence-electron chi connectivity index (χ4n) is 4.24. The van der Waals surface area contributed by atoms with E-state index in [0.717, 1.165) is 23.6 Å². The average Bonchev–Trinajstić information content (AvgIpc) is 2.82. The van der Waals surface area contributed by atoms with Gasteiger partial charge in [-0.15, -0.1) is 0 Å². The second kappa shape index (κ2) is 9.60. The standard InChI is InChI=1S/C25H27N3O3/c1-31-22-14-13-20(18-10-5-6-11-19(18)22)24(29)28-21-12-7-15-26-23(21)25(30)27-16-17-8-3-2-4-9-17/h5-7,10-15,17H,2-4,8-9,16H2,1H3,(H,27,30)(H,28,29). The fourth-order valence-corrected chi connectivity index (χ4v) is 4.24. The summed E-state index contributed by atoms with van der Waals surface area (Å²) in [5, 5.41) is 7.51. The van der Waals surface area contributed by atoms with E-state index in [4.69, 9.17) is 4.74 Å². The van der Waals surface area contributed by atoms with Crippen LogP contribution in [0.5, 0.6) is 5.75 Å². The van der Waals surface area contributed by atoms with E-state index in [1.807, 2.05) is 24.3 Å². The quantitative estimate of drug-likeness (QED) is 0.603. The average molecular weight is 418 g/mol. The molecule has 1 aliphatic rings. The number of benzene rings is 2. The van der Waals surface area contributed by atoms with Crippen molar-refractivity contribution in [3.63, 3.8) is 0 Å². The molecule has 1 saturated carbocycles.